The van der Waals surface area contributed by atoms with Gasteiger partial charge in [-0.2, -0.15) is 9.97 Å². The van der Waals surface area contributed by atoms with Crippen LogP contribution in [0.1, 0.15) is 27.2 Å². The molecular weight excluding hydrogens is 218 g/mol. The van der Waals surface area contributed by atoms with Crippen molar-refractivity contribution in [1.82, 2.24) is 15.0 Å². The van der Waals surface area contributed by atoms with Gasteiger partial charge in [-0.15, -0.1) is 4.98 Å². The highest BCUT2D eigenvalue weighted by molar-refractivity contribution is 6.28. The number of aromatic nitrogens is 3. The summed E-state index contributed by atoms with van der Waals surface area (Å²) in [5.41, 5.74) is 0. The second-order valence-electron chi connectivity index (χ2n) is 2.94. The third-order valence-corrected chi connectivity index (χ3v) is 1.89. The first-order valence-electron chi connectivity index (χ1n) is 4.86. The molecule has 6 heteroatoms. The molecule has 0 aliphatic carbocycles. The maximum atomic E-state index is 5.69. The molecule has 15 heavy (non-hydrogen) atoms. The Balaban J connectivity index is 2.78. The lowest BCUT2D eigenvalue weighted by Crippen LogP contribution is -2.13. The van der Waals surface area contributed by atoms with Crippen molar-refractivity contribution in [2.24, 2.45) is 0 Å². The number of ether oxygens (including phenoxy) is 2. The van der Waals surface area contributed by atoms with E-state index in [0.29, 0.717) is 6.61 Å². The first-order chi connectivity index (χ1) is 7.15. The third kappa shape index (κ3) is 3.87. The zero-order chi connectivity index (χ0) is 11.3. The fourth-order valence-corrected chi connectivity index (χ4v) is 0.969. The molecule has 0 bridgehead atoms. The van der Waals surface area contributed by atoms with Crippen LogP contribution in [-0.2, 0) is 0 Å². The molecule has 5 nitrogen and oxygen atoms in total. The first kappa shape index (κ1) is 12.0. The van der Waals surface area contributed by atoms with E-state index in [9.17, 15) is 0 Å². The number of rotatable bonds is 5. The molecule has 1 aromatic heterocycles. The first-order valence-corrected chi connectivity index (χ1v) is 5.24. The summed E-state index contributed by atoms with van der Waals surface area (Å²) in [7, 11) is 0. The van der Waals surface area contributed by atoms with Crippen LogP contribution in [0.15, 0.2) is 0 Å². The molecule has 0 radical (unpaired) electrons. The van der Waals surface area contributed by atoms with Crippen LogP contribution in [0, 0.1) is 0 Å². The van der Waals surface area contributed by atoms with Gasteiger partial charge >= 0.3 is 12.0 Å². The molecule has 0 fully saturated rings. The largest absolute Gasteiger partial charge is 0.464 e. The molecule has 1 unspecified atom stereocenters. The van der Waals surface area contributed by atoms with Crippen molar-refractivity contribution in [2.75, 3.05) is 6.61 Å². The van der Waals surface area contributed by atoms with E-state index < -0.39 is 0 Å². The number of hydrogen-bond acceptors (Lipinski definition) is 5. The van der Waals surface area contributed by atoms with Gasteiger partial charge in [-0.3, -0.25) is 0 Å². The summed E-state index contributed by atoms with van der Waals surface area (Å²) in [6, 6.07) is 0.392. The standard InChI is InChI=1S/C9H14ClN3O2/c1-4-6(3)15-9-12-7(10)11-8(13-9)14-5-2/h6H,4-5H2,1-3H3. The second-order valence-corrected chi connectivity index (χ2v) is 3.28. The average Bonchev–Trinajstić information content (AvgIpc) is 2.17. The third-order valence-electron chi connectivity index (χ3n) is 1.72. The van der Waals surface area contributed by atoms with Gasteiger partial charge in [-0.1, -0.05) is 6.92 Å². The van der Waals surface area contributed by atoms with Crippen molar-refractivity contribution in [3.63, 3.8) is 0 Å². The van der Waals surface area contributed by atoms with Gasteiger partial charge in [0.2, 0.25) is 5.28 Å². The summed E-state index contributed by atoms with van der Waals surface area (Å²) < 4.78 is 10.5. The number of halogens is 1. The van der Waals surface area contributed by atoms with Gasteiger partial charge < -0.3 is 9.47 Å². The monoisotopic (exact) mass is 231 g/mol. The van der Waals surface area contributed by atoms with Gasteiger partial charge in [0.15, 0.2) is 0 Å². The zero-order valence-corrected chi connectivity index (χ0v) is 9.78. The van der Waals surface area contributed by atoms with E-state index in [1.54, 1.807) is 0 Å². The predicted octanol–water partition coefficient (Wildman–Crippen LogP) is 2.10. The highest BCUT2D eigenvalue weighted by atomic mass is 35.5. The van der Waals surface area contributed by atoms with Crippen LogP contribution in [0.3, 0.4) is 0 Å². The highest BCUT2D eigenvalue weighted by Gasteiger charge is 2.09. The topological polar surface area (TPSA) is 57.1 Å². The van der Waals surface area contributed by atoms with Crippen LogP contribution >= 0.6 is 11.6 Å². The van der Waals surface area contributed by atoms with E-state index in [1.165, 1.54) is 0 Å². The summed E-state index contributed by atoms with van der Waals surface area (Å²) in [6.07, 6.45) is 0.908. The van der Waals surface area contributed by atoms with Crippen molar-refractivity contribution in [2.45, 2.75) is 33.3 Å². The van der Waals surface area contributed by atoms with Crippen LogP contribution in [0.5, 0.6) is 12.0 Å². The lowest BCUT2D eigenvalue weighted by molar-refractivity contribution is 0.193. The van der Waals surface area contributed by atoms with Crippen LogP contribution in [0.2, 0.25) is 5.28 Å². The van der Waals surface area contributed by atoms with Crippen molar-refractivity contribution >= 4 is 11.6 Å². The maximum Gasteiger partial charge on any atom is 0.324 e. The van der Waals surface area contributed by atoms with E-state index in [1.807, 2.05) is 20.8 Å². The molecule has 0 saturated heterocycles. The van der Waals surface area contributed by atoms with E-state index in [0.717, 1.165) is 6.42 Å². The summed E-state index contributed by atoms with van der Waals surface area (Å²) >= 11 is 5.69. The molecule has 0 aliphatic heterocycles. The Morgan fingerprint density at radius 2 is 1.87 bits per heavy atom. The van der Waals surface area contributed by atoms with Gasteiger partial charge in [-0.25, -0.2) is 0 Å². The molecule has 84 valence electrons. The lowest BCUT2D eigenvalue weighted by Gasteiger charge is -2.10. The molecule has 0 amide bonds. The van der Waals surface area contributed by atoms with Crippen LogP contribution < -0.4 is 9.47 Å². The van der Waals surface area contributed by atoms with Gasteiger partial charge in [-0.05, 0) is 31.9 Å². The fourth-order valence-electron chi connectivity index (χ4n) is 0.824. The molecule has 0 saturated carbocycles. The number of hydrogen-bond donors (Lipinski definition) is 0. The Hall–Kier alpha value is -1.10. The van der Waals surface area contributed by atoms with Crippen molar-refractivity contribution in [3.8, 4) is 12.0 Å². The van der Waals surface area contributed by atoms with Crippen molar-refractivity contribution in [1.29, 1.82) is 0 Å². The highest BCUT2D eigenvalue weighted by Crippen LogP contribution is 2.14. The smallest absolute Gasteiger partial charge is 0.324 e. The normalized spacial score (nSPS) is 12.3. The minimum atomic E-state index is 0.0398. The Morgan fingerprint density at radius 1 is 1.20 bits per heavy atom. The molecule has 1 heterocycles. The minimum Gasteiger partial charge on any atom is -0.464 e. The average molecular weight is 232 g/mol. The Labute approximate surface area is 93.8 Å². The molecule has 0 N–H and O–H groups in total. The maximum absolute atomic E-state index is 5.69. The van der Waals surface area contributed by atoms with Gasteiger partial charge in [0.05, 0.1) is 12.7 Å². The van der Waals surface area contributed by atoms with Gasteiger partial charge in [0.25, 0.3) is 0 Å². The van der Waals surface area contributed by atoms with Crippen molar-refractivity contribution < 1.29 is 9.47 Å². The van der Waals surface area contributed by atoms with Crippen LogP contribution in [-0.4, -0.2) is 27.7 Å². The van der Waals surface area contributed by atoms with E-state index in [-0.39, 0.29) is 23.4 Å². The Morgan fingerprint density at radius 3 is 2.47 bits per heavy atom. The SMILES string of the molecule is CCOc1nc(Cl)nc(OC(C)CC)n1. The van der Waals surface area contributed by atoms with Gasteiger partial charge in [0, 0.05) is 0 Å². The zero-order valence-electron chi connectivity index (χ0n) is 9.03. The summed E-state index contributed by atoms with van der Waals surface area (Å²) in [4.78, 5) is 11.6. The van der Waals surface area contributed by atoms with E-state index in [2.05, 4.69) is 15.0 Å². The quantitative estimate of drug-likeness (QED) is 0.777. The molecule has 0 aliphatic rings. The molecule has 1 atom stereocenters. The van der Waals surface area contributed by atoms with Crippen LogP contribution in [0.4, 0.5) is 0 Å². The molecule has 1 rings (SSSR count). The summed E-state index contributed by atoms with van der Waals surface area (Å²) in [5, 5.41) is 0.0757. The summed E-state index contributed by atoms with van der Waals surface area (Å²) in [6.45, 7) is 6.25. The van der Waals surface area contributed by atoms with Crippen molar-refractivity contribution in [3.05, 3.63) is 5.28 Å². The predicted molar refractivity (Wildman–Crippen MR) is 56.4 cm³/mol. The molecule has 0 spiro atoms. The van der Waals surface area contributed by atoms with Gasteiger partial charge in [0.1, 0.15) is 0 Å². The van der Waals surface area contributed by atoms with E-state index >= 15 is 0 Å². The number of nitrogens with zero attached hydrogens (tertiary/aromatic N) is 3. The summed E-state index contributed by atoms with van der Waals surface area (Å²) in [5.74, 6) is 0. The fraction of sp³-hybridized carbons (Fsp3) is 0.667. The second kappa shape index (κ2) is 5.70. The molecular formula is C9H14ClN3O2. The lowest BCUT2D eigenvalue weighted by atomic mass is 10.3. The molecule has 0 aromatic carbocycles. The Bertz CT molecular complexity index is 322. The van der Waals surface area contributed by atoms with E-state index in [4.69, 9.17) is 21.1 Å². The Kier molecular flexibility index (Phi) is 4.55. The van der Waals surface area contributed by atoms with Crippen LogP contribution in [0.25, 0.3) is 0 Å². The molecule has 1 aromatic rings. The minimum absolute atomic E-state index is 0.0398.